The first-order chi connectivity index (χ1) is 63.1. The van der Waals surface area contributed by atoms with Crippen LogP contribution in [-0.4, -0.2) is 88.1 Å². The van der Waals surface area contributed by atoms with E-state index in [9.17, 15) is 24.3 Å². The molecular weight excluding hydrogens is 1740 g/mol. The van der Waals surface area contributed by atoms with Gasteiger partial charge in [0.25, 0.3) is 0 Å². The number of benzene rings is 15. The van der Waals surface area contributed by atoms with Gasteiger partial charge in [0.2, 0.25) is 5.91 Å². The molecule has 129 heavy (non-hydrogen) atoms. The van der Waals surface area contributed by atoms with Crippen LogP contribution >= 0.6 is 75.6 Å². The number of ether oxygens (including phenoxy) is 1. The van der Waals surface area contributed by atoms with Gasteiger partial charge in [-0.3, -0.25) is 14.4 Å². The van der Waals surface area contributed by atoms with Crippen molar-refractivity contribution < 1.29 is 49.4 Å². The van der Waals surface area contributed by atoms with Crippen molar-refractivity contribution in [1.82, 2.24) is 0 Å². The number of amides is 1. The third kappa shape index (κ3) is 20.4. The number of carbonyl (C=O) groups excluding carboxylic acids is 4. The molecule has 1 amide bonds. The molecule has 18 heteroatoms. The number of esters is 1. The highest BCUT2D eigenvalue weighted by molar-refractivity contribution is 7.52. The fourth-order valence-electron chi connectivity index (χ4n) is 16.7. The molecule has 0 saturated heterocycles. The minimum absolute atomic E-state index is 0.0217. The lowest BCUT2D eigenvalue weighted by Crippen LogP contribution is -2.12. The number of ketones is 2. The van der Waals surface area contributed by atoms with E-state index >= 15 is 0 Å². The van der Waals surface area contributed by atoms with Crippen LogP contribution in [0.5, 0.6) is 0 Å². The molecule has 0 bridgehead atoms. The molecule has 0 fully saturated rings. The van der Waals surface area contributed by atoms with E-state index in [1.807, 2.05) is 84.9 Å². The molecule has 20 rings (SSSR count). The first kappa shape index (κ1) is 90.4. The summed E-state index contributed by atoms with van der Waals surface area (Å²) in [6.07, 6.45) is 3.96. The fourth-order valence-corrected chi connectivity index (χ4v) is 28.9. The van der Waals surface area contributed by atoms with Gasteiger partial charge in [-0.15, -0.1) is 0 Å². The highest BCUT2D eigenvalue weighted by Crippen LogP contribution is 2.54. The van der Waals surface area contributed by atoms with E-state index in [0.29, 0.717) is 43.6 Å². The van der Waals surface area contributed by atoms with Gasteiger partial charge >= 0.3 is 5.97 Å². The summed E-state index contributed by atoms with van der Waals surface area (Å²) < 4.78 is 18.5. The molecule has 5 aromatic heterocycles. The summed E-state index contributed by atoms with van der Waals surface area (Å²) in [5.41, 5.74) is 3.95. The molecule has 11 nitrogen and oxygen atoms in total. The second-order valence-corrected chi connectivity index (χ2v) is 42.3. The largest absolute Gasteiger partial charge is 0.462 e. The van der Waals surface area contributed by atoms with Gasteiger partial charge in [0, 0.05) is 196 Å². The number of carbonyl (C=O) groups is 4. The third-order valence-electron chi connectivity index (χ3n) is 22.8. The number of fused-ring (bicyclic) bond motifs is 15. The van der Waals surface area contributed by atoms with Crippen LogP contribution < -0.4 is 5.32 Å². The number of halogens is 2. The van der Waals surface area contributed by atoms with Crippen molar-refractivity contribution in [3.63, 3.8) is 0 Å². The molecule has 20 aromatic rings. The Morgan fingerprint density at radius 1 is 0.326 bits per heavy atom. The summed E-state index contributed by atoms with van der Waals surface area (Å²) in [5, 5.41) is 62.1. The van der Waals surface area contributed by atoms with Crippen molar-refractivity contribution in [3.8, 4) is 24.5 Å². The standard InChI is InChI=1S/C26H27O2S.C22H19O3S.C22H19O2S.C21H17NO2S.C20H15Cl2OS/c1-18(17-19(2)27)11-16-24(28)20-12-14-21(15-13-20)29-25-9-5-3-7-22(25)23-8-4-6-10-26(23)29;23-14-5-15-25-22(24)16-10-12-17(13-11-16)26-20-8-3-1-6-18(20)19-7-2-4-9-21(19)26;23-15-5-8-20(24)16-11-13-17(14-12-16)25-21-9-3-1-6-18(21)19-7-2-4-10-22(19)25;23-14-13-21(24)22-15-9-11-16(12-10-15)25-19-7-3-1-5-17(19)18-6-2-4-8-20(18)25;21-14-3-7-19-17(11-14)18-12-15(22)4-8-20(18)24(19)16-5-1-13(2-6-16)9-10-23/h3-10,12-15,18-19,27H,11,16-17H2,1-2H3;1-4,6-13,23H,5,14-15H2;1-4,6-7,9-14,23H,5,8,15H2;1-12,23H,13-14H2;1-8,11-12,23H,9-10H2/q3*+1;;+1/p+1. The molecular formula is C111H98Cl2NO10S5+5. The second kappa shape index (κ2) is 42.5. The van der Waals surface area contributed by atoms with Gasteiger partial charge in [0.1, 0.15) is 0 Å². The van der Waals surface area contributed by atoms with Crippen molar-refractivity contribution in [2.24, 2.45) is 5.92 Å². The van der Waals surface area contributed by atoms with Crippen LogP contribution in [-0.2, 0) is 16.0 Å². The molecule has 2 atom stereocenters. The molecule has 0 saturated carbocycles. The number of aliphatic hydroxyl groups is 5. The van der Waals surface area contributed by atoms with Crippen molar-refractivity contribution in [1.29, 1.82) is 0 Å². The topological polar surface area (TPSA) is 191 Å². The average molecular weight is 1840 g/mol. The van der Waals surface area contributed by atoms with Crippen LogP contribution in [0.4, 0.5) is 5.69 Å². The van der Waals surface area contributed by atoms with Gasteiger partial charge in [0.15, 0.2) is 83.0 Å². The maximum Gasteiger partial charge on any atom is 0.338 e. The molecule has 0 spiro atoms. The number of thiophene rings is 5. The SMILES string of the molecule is CC(O)CC(C)CCC(=O)c1ccc(-[s+]2c3ccccc3c3ccccc32)cc1.O=C(CCCO)c1ccc(-[s+]2c3ccccc3c3ccccc32)cc1.O=C(CCO)Nc1ccc(-[s+]2c3ccccc3c3ccccc32)cc1.O=C(OCCCO)c1ccc(-[s+]2c3ccccc3c3ccccc32)cc1.OCCc1ccc(-[s+]2c3ccc(Cl)cc3c3cc(Cl)ccc32)cc1. The Bertz CT molecular complexity index is 7110. The van der Waals surface area contributed by atoms with Crippen molar-refractivity contribution in [2.75, 3.05) is 38.4 Å². The Labute approximate surface area is 772 Å². The van der Waals surface area contributed by atoms with E-state index in [4.69, 9.17) is 48.4 Å². The predicted octanol–water partition coefficient (Wildman–Crippen LogP) is 29.7. The monoisotopic (exact) mass is 1830 g/mol. The van der Waals surface area contributed by atoms with Crippen LogP contribution in [0.1, 0.15) is 95.4 Å². The van der Waals surface area contributed by atoms with Gasteiger partial charge in [-0.25, -0.2) is 4.79 Å². The fraction of sp³-hybridized carbons (Fsp3) is 0.153. The van der Waals surface area contributed by atoms with E-state index in [1.54, 1.807) is 6.92 Å². The van der Waals surface area contributed by atoms with E-state index in [1.165, 1.54) is 125 Å². The summed E-state index contributed by atoms with van der Waals surface area (Å²) in [6.45, 7) is 4.25. The first-order valence-corrected chi connectivity index (χ1v) is 50.1. The van der Waals surface area contributed by atoms with Gasteiger partial charge in [-0.05, 0) is 262 Å². The number of rotatable bonds is 24. The van der Waals surface area contributed by atoms with Crippen LogP contribution in [0.15, 0.2) is 352 Å². The molecule has 6 N–H and O–H groups in total. The Morgan fingerprint density at radius 3 is 0.946 bits per heavy atom. The zero-order chi connectivity index (χ0) is 89.4. The van der Waals surface area contributed by atoms with Crippen LogP contribution in [0.25, 0.3) is 125 Å². The van der Waals surface area contributed by atoms with Gasteiger partial charge in [-0.2, -0.15) is 0 Å². The van der Waals surface area contributed by atoms with E-state index in [0.717, 1.165) is 45.3 Å². The lowest BCUT2D eigenvalue weighted by atomic mass is 9.96. The first-order valence-electron chi connectivity index (χ1n) is 43.3. The third-order valence-corrected chi connectivity index (χ3v) is 34.9. The number of aliphatic hydroxyl groups excluding tert-OH is 5. The van der Waals surface area contributed by atoms with E-state index in [2.05, 4.69) is 279 Å². The van der Waals surface area contributed by atoms with Crippen LogP contribution in [0, 0.1) is 5.92 Å². The highest BCUT2D eigenvalue weighted by atomic mass is 35.5. The zero-order valence-corrected chi connectivity index (χ0v) is 77.0. The highest BCUT2D eigenvalue weighted by Gasteiger charge is 2.30. The lowest BCUT2D eigenvalue weighted by Gasteiger charge is -2.12. The Morgan fingerprint density at radius 2 is 0.628 bits per heavy atom. The number of hydrogen-bond acceptors (Lipinski definition) is 10. The smallest absolute Gasteiger partial charge is 0.338 e. The van der Waals surface area contributed by atoms with Gasteiger partial charge in [-0.1, -0.05) is 139 Å². The van der Waals surface area contributed by atoms with E-state index < -0.39 is 0 Å². The van der Waals surface area contributed by atoms with Crippen molar-refractivity contribution >= 4 is 206 Å². The zero-order valence-electron chi connectivity index (χ0n) is 71.4. The maximum atomic E-state index is 12.6. The molecule has 5 heterocycles. The minimum Gasteiger partial charge on any atom is -0.462 e. The lowest BCUT2D eigenvalue weighted by molar-refractivity contribution is -0.116. The molecule has 646 valence electrons. The molecule has 2 unspecified atom stereocenters. The summed E-state index contributed by atoms with van der Waals surface area (Å²) in [6, 6.07) is 121. The number of Topliss-reactive ketones (excluding diaryl/α,β-unsaturated/α-hetero) is 2. The van der Waals surface area contributed by atoms with Gasteiger partial charge in [0.05, 0.1) is 31.3 Å². The van der Waals surface area contributed by atoms with E-state index in [-0.39, 0.29) is 121 Å². The van der Waals surface area contributed by atoms with Crippen LogP contribution in [0.2, 0.25) is 10.0 Å². The van der Waals surface area contributed by atoms with Gasteiger partial charge < -0.3 is 35.6 Å². The summed E-state index contributed by atoms with van der Waals surface area (Å²) in [7, 11) is -0.658. The number of anilines is 1. The van der Waals surface area contributed by atoms with Crippen molar-refractivity contribution in [3.05, 3.63) is 384 Å². The molecule has 0 aliphatic carbocycles. The summed E-state index contributed by atoms with van der Waals surface area (Å²) in [5.74, 6) is 0.113. The average Bonchev–Trinajstić information content (AvgIpc) is 1.64. The Hall–Kier alpha value is -11.9. The minimum atomic E-state index is -0.347. The maximum absolute atomic E-state index is 12.6. The van der Waals surface area contributed by atoms with Crippen molar-refractivity contribution in [2.45, 2.75) is 71.3 Å². The van der Waals surface area contributed by atoms with Crippen LogP contribution in [0.3, 0.4) is 0 Å². The number of nitrogens with one attached hydrogen (secondary N) is 1. The second-order valence-electron chi connectivity index (χ2n) is 31.6. The normalized spacial score (nSPS) is 11.8. The summed E-state index contributed by atoms with van der Waals surface area (Å²) in [4.78, 5) is 54.6. The summed E-state index contributed by atoms with van der Waals surface area (Å²) >= 11 is 12.5. The quantitative estimate of drug-likeness (QED) is 0.0147. The molecule has 0 radical (unpaired) electrons. The molecule has 0 aliphatic heterocycles. The predicted molar refractivity (Wildman–Crippen MR) is 549 cm³/mol. The number of hydrogen-bond donors (Lipinski definition) is 6. The molecule has 15 aromatic carbocycles. The Balaban J connectivity index is 0.000000118. The molecule has 0 aliphatic rings. The Kier molecular flexibility index (Phi) is 29.8.